The Bertz CT molecular complexity index is 1260. The summed E-state index contributed by atoms with van der Waals surface area (Å²) in [7, 11) is -4.04. The summed E-state index contributed by atoms with van der Waals surface area (Å²) in [5.41, 5.74) is 4.15. The van der Waals surface area contributed by atoms with Gasteiger partial charge in [-0.3, -0.25) is 9.59 Å². The Morgan fingerprint density at radius 1 is 0.971 bits per heavy atom. The molecule has 0 spiro atoms. The summed E-state index contributed by atoms with van der Waals surface area (Å²) in [6.45, 7) is 0.873. The molecule has 0 bridgehead atoms. The Morgan fingerprint density at radius 3 is 2.24 bits per heavy atom. The summed E-state index contributed by atoms with van der Waals surface area (Å²) < 4.78 is 27.7. The van der Waals surface area contributed by atoms with Crippen LogP contribution < -0.4 is 10.7 Å². The summed E-state index contributed by atoms with van der Waals surface area (Å²) in [5.74, 6) is -0.789. The molecule has 34 heavy (non-hydrogen) atoms. The van der Waals surface area contributed by atoms with E-state index in [9.17, 15) is 23.1 Å². The van der Waals surface area contributed by atoms with Crippen LogP contribution in [0.2, 0.25) is 0 Å². The minimum Gasteiger partial charge on any atom is -0.508 e. The Hall–Kier alpha value is -4.02. The van der Waals surface area contributed by atoms with E-state index in [0.717, 1.165) is 4.31 Å². The lowest BCUT2D eigenvalue weighted by Crippen LogP contribution is -2.39. The molecule has 0 radical (unpaired) electrons. The standard InChI is InChI=1S/C24H24N4O5S/c1-18(29)26-21-9-13-23(14-10-21)34(32,33)28(16-20-5-3-2-4-6-20)17-24(31)27-25-15-19-7-11-22(30)12-8-19/h2-15,30H,16-17H2,1H3,(H,26,29)(H,27,31)/b25-15+. The van der Waals surface area contributed by atoms with Crippen molar-refractivity contribution in [2.75, 3.05) is 11.9 Å². The number of carbonyl (C=O) groups excluding carboxylic acids is 2. The highest BCUT2D eigenvalue weighted by Gasteiger charge is 2.27. The van der Waals surface area contributed by atoms with Crippen LogP contribution in [0.5, 0.6) is 5.75 Å². The maximum absolute atomic E-state index is 13.3. The van der Waals surface area contributed by atoms with Gasteiger partial charge in [0.1, 0.15) is 5.75 Å². The molecule has 0 saturated carbocycles. The maximum Gasteiger partial charge on any atom is 0.255 e. The molecule has 0 aromatic heterocycles. The van der Waals surface area contributed by atoms with E-state index in [2.05, 4.69) is 15.8 Å². The molecule has 0 unspecified atom stereocenters. The number of carbonyl (C=O) groups is 2. The fourth-order valence-corrected chi connectivity index (χ4v) is 4.39. The number of sulfonamides is 1. The molecule has 2 amide bonds. The van der Waals surface area contributed by atoms with E-state index >= 15 is 0 Å². The maximum atomic E-state index is 13.3. The first kappa shape index (κ1) is 24.6. The topological polar surface area (TPSA) is 128 Å². The van der Waals surface area contributed by atoms with Crippen molar-refractivity contribution < 1.29 is 23.1 Å². The van der Waals surface area contributed by atoms with Crippen LogP contribution in [0.25, 0.3) is 0 Å². The quantitative estimate of drug-likeness (QED) is 0.320. The van der Waals surface area contributed by atoms with Crippen LogP contribution in [0.1, 0.15) is 18.1 Å². The first-order chi connectivity index (χ1) is 16.2. The van der Waals surface area contributed by atoms with Gasteiger partial charge < -0.3 is 10.4 Å². The summed E-state index contributed by atoms with van der Waals surface area (Å²) in [6, 6.07) is 20.8. The number of hydrazone groups is 1. The van der Waals surface area contributed by atoms with Gasteiger partial charge in [-0.15, -0.1) is 0 Å². The monoisotopic (exact) mass is 480 g/mol. The summed E-state index contributed by atoms with van der Waals surface area (Å²) >= 11 is 0. The van der Waals surface area contributed by atoms with Gasteiger partial charge in [-0.1, -0.05) is 30.3 Å². The zero-order valence-corrected chi connectivity index (χ0v) is 19.2. The molecule has 3 aromatic carbocycles. The number of anilines is 1. The molecule has 0 saturated heterocycles. The van der Waals surface area contributed by atoms with Gasteiger partial charge in [-0.25, -0.2) is 13.8 Å². The average Bonchev–Trinajstić information content (AvgIpc) is 2.80. The van der Waals surface area contributed by atoms with Crippen molar-refractivity contribution in [3.8, 4) is 5.75 Å². The average molecular weight is 481 g/mol. The van der Waals surface area contributed by atoms with Crippen LogP contribution in [-0.4, -0.2) is 42.4 Å². The molecule has 3 N–H and O–H groups in total. The van der Waals surface area contributed by atoms with E-state index in [4.69, 9.17) is 0 Å². The third kappa shape index (κ3) is 6.99. The van der Waals surface area contributed by atoms with Crippen molar-refractivity contribution in [3.05, 3.63) is 90.0 Å². The molecule has 0 aliphatic heterocycles. The first-order valence-electron chi connectivity index (χ1n) is 10.3. The van der Waals surface area contributed by atoms with Crippen LogP contribution in [-0.2, 0) is 26.2 Å². The fourth-order valence-electron chi connectivity index (χ4n) is 3.01. The molecule has 176 valence electrons. The number of nitrogens with zero attached hydrogens (tertiary/aromatic N) is 2. The van der Waals surface area contributed by atoms with Gasteiger partial charge in [-0.2, -0.15) is 9.41 Å². The molecule has 10 heteroatoms. The molecule has 0 fully saturated rings. The van der Waals surface area contributed by atoms with Gasteiger partial charge in [0, 0.05) is 19.2 Å². The van der Waals surface area contributed by atoms with E-state index in [1.807, 2.05) is 6.07 Å². The van der Waals surface area contributed by atoms with Gasteiger partial charge in [0.2, 0.25) is 15.9 Å². The lowest BCUT2D eigenvalue weighted by molar-refractivity contribution is -0.121. The fraction of sp³-hybridized carbons (Fsp3) is 0.125. The van der Waals surface area contributed by atoms with Crippen molar-refractivity contribution in [2.45, 2.75) is 18.4 Å². The predicted octanol–water partition coefficient (Wildman–Crippen LogP) is 2.69. The number of nitrogens with one attached hydrogen (secondary N) is 2. The van der Waals surface area contributed by atoms with E-state index in [0.29, 0.717) is 16.8 Å². The molecule has 3 aromatic rings. The second kappa shape index (κ2) is 11.2. The van der Waals surface area contributed by atoms with Crippen LogP contribution in [0.4, 0.5) is 5.69 Å². The van der Waals surface area contributed by atoms with Crippen molar-refractivity contribution >= 4 is 33.7 Å². The Kier molecular flexibility index (Phi) is 8.12. The Balaban J connectivity index is 1.77. The molecular formula is C24H24N4O5S. The molecule has 9 nitrogen and oxygen atoms in total. The Labute approximate surface area is 197 Å². The lowest BCUT2D eigenvalue weighted by Gasteiger charge is -2.21. The van der Waals surface area contributed by atoms with Crippen LogP contribution in [0, 0.1) is 0 Å². The number of hydrogen-bond acceptors (Lipinski definition) is 6. The van der Waals surface area contributed by atoms with Gasteiger partial charge in [0.25, 0.3) is 5.91 Å². The van der Waals surface area contributed by atoms with Crippen LogP contribution >= 0.6 is 0 Å². The molecule has 0 heterocycles. The number of phenolic OH excluding ortho intramolecular Hbond substituents is 1. The number of aromatic hydroxyl groups is 1. The third-order valence-corrected chi connectivity index (χ3v) is 6.44. The van der Waals surface area contributed by atoms with Gasteiger partial charge in [0.15, 0.2) is 0 Å². The second-order valence-corrected chi connectivity index (χ2v) is 9.29. The molecular weight excluding hydrogens is 456 g/mol. The number of phenols is 1. The molecule has 3 rings (SSSR count). The SMILES string of the molecule is CC(=O)Nc1ccc(S(=O)(=O)N(CC(=O)N/N=C/c2ccc(O)cc2)Cc2ccccc2)cc1. The molecule has 0 atom stereocenters. The first-order valence-corrected chi connectivity index (χ1v) is 11.7. The number of hydrogen-bond donors (Lipinski definition) is 3. The normalized spacial score (nSPS) is 11.5. The van der Waals surface area contributed by atoms with Crippen LogP contribution in [0.3, 0.4) is 0 Å². The largest absolute Gasteiger partial charge is 0.508 e. The van der Waals surface area contributed by atoms with Crippen molar-refractivity contribution in [1.82, 2.24) is 9.73 Å². The third-order valence-electron chi connectivity index (χ3n) is 4.63. The molecule has 0 aliphatic carbocycles. The highest BCUT2D eigenvalue weighted by atomic mass is 32.2. The smallest absolute Gasteiger partial charge is 0.255 e. The van der Waals surface area contributed by atoms with Crippen molar-refractivity contribution in [2.24, 2.45) is 5.10 Å². The van der Waals surface area contributed by atoms with E-state index in [1.165, 1.54) is 49.5 Å². The van der Waals surface area contributed by atoms with E-state index < -0.39 is 22.5 Å². The zero-order chi connectivity index (χ0) is 24.6. The van der Waals surface area contributed by atoms with Gasteiger partial charge >= 0.3 is 0 Å². The summed E-state index contributed by atoms with van der Waals surface area (Å²) in [4.78, 5) is 23.7. The lowest BCUT2D eigenvalue weighted by atomic mass is 10.2. The summed E-state index contributed by atoms with van der Waals surface area (Å²) in [5, 5.41) is 15.8. The minimum atomic E-state index is -4.04. The highest BCUT2D eigenvalue weighted by molar-refractivity contribution is 7.89. The van der Waals surface area contributed by atoms with Gasteiger partial charge in [0.05, 0.1) is 17.7 Å². The Morgan fingerprint density at radius 2 is 1.62 bits per heavy atom. The second-order valence-electron chi connectivity index (χ2n) is 7.35. The van der Waals surface area contributed by atoms with Crippen LogP contribution in [0.15, 0.2) is 88.9 Å². The number of amides is 2. The van der Waals surface area contributed by atoms with Crippen molar-refractivity contribution in [3.63, 3.8) is 0 Å². The van der Waals surface area contributed by atoms with E-state index in [-0.39, 0.29) is 23.1 Å². The number of benzene rings is 3. The number of rotatable bonds is 9. The van der Waals surface area contributed by atoms with E-state index in [1.54, 1.807) is 36.4 Å². The minimum absolute atomic E-state index is 0.0158. The highest BCUT2D eigenvalue weighted by Crippen LogP contribution is 2.20. The summed E-state index contributed by atoms with van der Waals surface area (Å²) in [6.07, 6.45) is 1.38. The van der Waals surface area contributed by atoms with Crippen molar-refractivity contribution in [1.29, 1.82) is 0 Å². The predicted molar refractivity (Wildman–Crippen MR) is 129 cm³/mol. The van der Waals surface area contributed by atoms with Gasteiger partial charge in [-0.05, 0) is 59.7 Å². The molecule has 0 aliphatic rings. The zero-order valence-electron chi connectivity index (χ0n) is 18.4.